The van der Waals surface area contributed by atoms with E-state index in [2.05, 4.69) is 4.98 Å². The van der Waals surface area contributed by atoms with E-state index in [9.17, 15) is 18.9 Å². The summed E-state index contributed by atoms with van der Waals surface area (Å²) < 4.78 is 24.5. The van der Waals surface area contributed by atoms with Crippen molar-refractivity contribution in [3.8, 4) is 6.07 Å². The molecule has 1 rings (SSSR count). The minimum atomic E-state index is -2.93. The van der Waals surface area contributed by atoms with Crippen LogP contribution in [0.3, 0.4) is 0 Å². The monoisotopic (exact) mass is 233 g/mol. The average molecular weight is 234 g/mol. The molecular weight excluding hydrogens is 232 g/mol. The molecule has 0 aromatic carbocycles. The number of alkyl halides is 2. The van der Waals surface area contributed by atoms with Gasteiger partial charge in [-0.25, -0.2) is 8.78 Å². The van der Waals surface area contributed by atoms with Crippen LogP contribution in [0.25, 0.3) is 0 Å². The predicted molar refractivity (Wildman–Crippen MR) is 45.6 cm³/mol. The topological polar surface area (TPSA) is 79.8 Å². The molecule has 1 aromatic heterocycles. The molecule has 0 aliphatic rings. The first-order valence-corrected chi connectivity index (χ1v) is 3.88. The molecule has 1 aromatic rings. The lowest BCUT2D eigenvalue weighted by Gasteiger charge is -2.00. The van der Waals surface area contributed by atoms with Crippen LogP contribution in [0, 0.1) is 21.4 Å². The van der Waals surface area contributed by atoms with Crippen molar-refractivity contribution in [2.75, 3.05) is 0 Å². The first-order valence-electron chi connectivity index (χ1n) is 3.50. The van der Waals surface area contributed by atoms with Crippen LogP contribution in [0.5, 0.6) is 0 Å². The number of nitrogens with zero attached hydrogens (tertiary/aromatic N) is 3. The summed E-state index contributed by atoms with van der Waals surface area (Å²) in [6, 6.07) is 2.07. The Balaban J connectivity index is 3.44. The van der Waals surface area contributed by atoms with E-state index in [0.717, 1.165) is 0 Å². The number of hydrogen-bond acceptors (Lipinski definition) is 4. The summed E-state index contributed by atoms with van der Waals surface area (Å²) in [5.41, 5.74) is -1.24. The fourth-order valence-electron chi connectivity index (χ4n) is 0.872. The molecule has 0 atom stereocenters. The van der Waals surface area contributed by atoms with Gasteiger partial charge in [0, 0.05) is 0 Å². The highest BCUT2D eigenvalue weighted by atomic mass is 35.5. The molecule has 0 spiro atoms. The highest BCUT2D eigenvalue weighted by Crippen LogP contribution is 2.29. The van der Waals surface area contributed by atoms with Gasteiger partial charge in [-0.05, 0) is 27.6 Å². The number of aromatic nitrogens is 1. The molecule has 5 nitrogen and oxygen atoms in total. The van der Waals surface area contributed by atoms with Crippen molar-refractivity contribution in [2.45, 2.75) is 6.43 Å². The van der Waals surface area contributed by atoms with Gasteiger partial charge in [0.05, 0.1) is 5.56 Å². The van der Waals surface area contributed by atoms with Gasteiger partial charge in [-0.3, -0.25) is 0 Å². The van der Waals surface area contributed by atoms with Crippen LogP contribution in [-0.2, 0) is 0 Å². The Morgan fingerprint density at radius 1 is 1.67 bits per heavy atom. The van der Waals surface area contributed by atoms with E-state index in [0.29, 0.717) is 6.07 Å². The highest BCUT2D eigenvalue weighted by molar-refractivity contribution is 6.30. The SMILES string of the molecule is N#Cc1cc(C(F)F)c(Cl)nc1[N+](=O)[O-]. The molecule has 8 heteroatoms. The molecule has 78 valence electrons. The maximum atomic E-state index is 12.3. The Bertz CT molecular complexity index is 458. The number of hydrogen-bond donors (Lipinski definition) is 0. The van der Waals surface area contributed by atoms with E-state index in [1.165, 1.54) is 6.07 Å². The molecule has 0 amide bonds. The molecule has 0 bridgehead atoms. The summed E-state index contributed by atoms with van der Waals surface area (Å²) in [5.74, 6) is -0.827. The van der Waals surface area contributed by atoms with Gasteiger partial charge >= 0.3 is 5.82 Å². The zero-order valence-corrected chi connectivity index (χ0v) is 7.70. The molecule has 0 radical (unpaired) electrons. The molecule has 0 N–H and O–H groups in total. The Hall–Kier alpha value is -1.81. The van der Waals surface area contributed by atoms with Crippen LogP contribution in [0.15, 0.2) is 6.07 Å². The quantitative estimate of drug-likeness (QED) is 0.446. The van der Waals surface area contributed by atoms with E-state index in [1.807, 2.05) is 0 Å². The van der Waals surface area contributed by atoms with Gasteiger partial charge in [-0.15, -0.1) is 0 Å². The number of nitriles is 1. The van der Waals surface area contributed by atoms with Crippen molar-refractivity contribution in [3.63, 3.8) is 0 Å². The van der Waals surface area contributed by atoms with Gasteiger partial charge in [0.15, 0.2) is 5.56 Å². The van der Waals surface area contributed by atoms with Crippen LogP contribution in [-0.4, -0.2) is 9.91 Å². The summed E-state index contributed by atoms with van der Waals surface area (Å²) in [5, 5.41) is 18.2. The minimum absolute atomic E-state index is 0.542. The maximum Gasteiger partial charge on any atom is 0.383 e. The van der Waals surface area contributed by atoms with Gasteiger partial charge in [-0.2, -0.15) is 5.26 Å². The van der Waals surface area contributed by atoms with Gasteiger partial charge in [-0.1, -0.05) is 0 Å². The Labute approximate surface area is 87.1 Å². The lowest BCUT2D eigenvalue weighted by molar-refractivity contribution is -0.389. The van der Waals surface area contributed by atoms with Crippen molar-refractivity contribution in [1.29, 1.82) is 5.26 Å². The third-order valence-electron chi connectivity index (χ3n) is 1.51. The lowest BCUT2D eigenvalue weighted by atomic mass is 10.2. The smallest absolute Gasteiger partial charge is 0.358 e. The predicted octanol–water partition coefficient (Wildman–Crippen LogP) is 2.45. The van der Waals surface area contributed by atoms with Crippen LogP contribution in [0.2, 0.25) is 5.15 Å². The summed E-state index contributed by atoms with van der Waals surface area (Å²) in [6.45, 7) is 0. The largest absolute Gasteiger partial charge is 0.383 e. The van der Waals surface area contributed by atoms with E-state index in [-0.39, 0.29) is 0 Å². The molecule has 0 unspecified atom stereocenters. The summed E-state index contributed by atoms with van der Waals surface area (Å²) in [4.78, 5) is 12.5. The minimum Gasteiger partial charge on any atom is -0.358 e. The third kappa shape index (κ3) is 2.16. The van der Waals surface area contributed by atoms with Crippen molar-refractivity contribution in [3.05, 3.63) is 32.5 Å². The molecule has 15 heavy (non-hydrogen) atoms. The zero-order chi connectivity index (χ0) is 11.6. The maximum absolute atomic E-state index is 12.3. The fraction of sp³-hybridized carbons (Fsp3) is 0.143. The molecule has 0 saturated heterocycles. The number of nitro groups is 1. The standard InChI is InChI=1S/C7H2ClF2N3O2/c8-5-4(6(9)10)1-3(2-11)7(12-5)13(14)15/h1,6H. The van der Waals surface area contributed by atoms with Gasteiger partial charge in [0.1, 0.15) is 6.07 Å². The molecule has 1 heterocycles. The Kier molecular flexibility index (Phi) is 3.11. The van der Waals surface area contributed by atoms with E-state index in [4.69, 9.17) is 16.9 Å². The Morgan fingerprint density at radius 3 is 2.67 bits per heavy atom. The van der Waals surface area contributed by atoms with E-state index < -0.39 is 33.4 Å². The van der Waals surface area contributed by atoms with Crippen LogP contribution >= 0.6 is 11.6 Å². The number of halogens is 3. The van der Waals surface area contributed by atoms with Crippen LogP contribution < -0.4 is 0 Å². The molecular formula is C7H2ClF2N3O2. The van der Waals surface area contributed by atoms with Gasteiger partial charge in [0.25, 0.3) is 11.6 Å². The van der Waals surface area contributed by atoms with Gasteiger partial charge in [0.2, 0.25) is 0 Å². The first kappa shape index (κ1) is 11.3. The van der Waals surface area contributed by atoms with Crippen molar-refractivity contribution in [2.24, 2.45) is 0 Å². The van der Waals surface area contributed by atoms with Crippen molar-refractivity contribution in [1.82, 2.24) is 4.98 Å². The zero-order valence-electron chi connectivity index (χ0n) is 6.95. The van der Waals surface area contributed by atoms with Crippen molar-refractivity contribution < 1.29 is 13.7 Å². The molecule has 0 aliphatic carbocycles. The second-order valence-corrected chi connectivity index (χ2v) is 2.77. The fourth-order valence-corrected chi connectivity index (χ4v) is 1.09. The first-order chi connectivity index (χ1) is 6.97. The van der Waals surface area contributed by atoms with Crippen LogP contribution in [0.4, 0.5) is 14.6 Å². The van der Waals surface area contributed by atoms with Gasteiger partial charge < -0.3 is 10.1 Å². The third-order valence-corrected chi connectivity index (χ3v) is 1.81. The summed E-state index contributed by atoms with van der Waals surface area (Å²) in [7, 11) is 0. The normalized spacial score (nSPS) is 10.1. The van der Waals surface area contributed by atoms with E-state index in [1.54, 1.807) is 0 Å². The second-order valence-electron chi connectivity index (χ2n) is 2.41. The van der Waals surface area contributed by atoms with Crippen molar-refractivity contribution >= 4 is 17.4 Å². The van der Waals surface area contributed by atoms with Crippen LogP contribution in [0.1, 0.15) is 17.6 Å². The second kappa shape index (κ2) is 4.14. The summed E-state index contributed by atoms with van der Waals surface area (Å²) >= 11 is 5.29. The molecule has 0 saturated carbocycles. The number of pyridine rings is 1. The molecule has 0 aliphatic heterocycles. The average Bonchev–Trinajstić information content (AvgIpc) is 2.16. The number of rotatable bonds is 2. The Morgan fingerprint density at radius 2 is 2.27 bits per heavy atom. The lowest BCUT2D eigenvalue weighted by Crippen LogP contribution is -1.99. The highest BCUT2D eigenvalue weighted by Gasteiger charge is 2.24. The molecule has 0 fully saturated rings. The van der Waals surface area contributed by atoms with E-state index >= 15 is 0 Å². The summed E-state index contributed by atoms with van der Waals surface area (Å²) in [6.07, 6.45) is -2.93.